The molecule has 0 spiro atoms. The monoisotopic (exact) mass is 385 g/mol. The lowest BCUT2D eigenvalue weighted by Crippen LogP contribution is -2.49. The highest BCUT2D eigenvalue weighted by atomic mass is 16.3. The van der Waals surface area contributed by atoms with Crippen LogP contribution in [0.15, 0.2) is 18.5 Å². The molecule has 2 aliphatic rings. The number of amides is 1. The van der Waals surface area contributed by atoms with Gasteiger partial charge >= 0.3 is 0 Å². The zero-order valence-electron chi connectivity index (χ0n) is 17.0. The second-order valence-corrected chi connectivity index (χ2v) is 9.05. The molecule has 0 aromatic carbocycles. The number of anilines is 1. The Balaban J connectivity index is 1.63. The molecule has 2 saturated carbocycles. The van der Waals surface area contributed by atoms with Crippen LogP contribution in [0.2, 0.25) is 0 Å². The summed E-state index contributed by atoms with van der Waals surface area (Å²) in [5.41, 5.74) is 1.68. The highest BCUT2D eigenvalue weighted by Gasteiger charge is 2.44. The van der Waals surface area contributed by atoms with E-state index >= 15 is 0 Å². The van der Waals surface area contributed by atoms with Gasteiger partial charge in [-0.2, -0.15) is 0 Å². The van der Waals surface area contributed by atoms with Gasteiger partial charge in [-0.1, -0.05) is 6.92 Å². The first-order chi connectivity index (χ1) is 13.3. The molecule has 0 aliphatic heterocycles. The predicted molar refractivity (Wildman–Crippen MR) is 110 cm³/mol. The number of carbonyl (C=O) groups is 1. The molecule has 2 bridgehead atoms. The standard InChI is InChI=1S/C21H31N5O2/c1-13-8-14-10-21(28,9-13)6-4-17(14)25-18-15-5-7-22-19(15)23-11-16(18)20(27)24-12-26(2)3/h5,7,11,13-14,17,28H,4,6,8-10,12H2,1-3H3,(H,24,27)(H2,22,23,25)/t13?,14-,17-,21-/m0/s1. The van der Waals surface area contributed by atoms with Crippen LogP contribution >= 0.6 is 0 Å². The number of carbonyl (C=O) groups excluding carboxylic acids is 1. The Morgan fingerprint density at radius 2 is 2.25 bits per heavy atom. The number of pyridine rings is 1. The molecule has 2 heterocycles. The summed E-state index contributed by atoms with van der Waals surface area (Å²) in [6, 6.07) is 2.22. The first-order valence-electron chi connectivity index (χ1n) is 10.2. The van der Waals surface area contributed by atoms with Crippen molar-refractivity contribution in [3.8, 4) is 0 Å². The van der Waals surface area contributed by atoms with Gasteiger partial charge in [0.05, 0.1) is 23.5 Å². The fourth-order valence-corrected chi connectivity index (χ4v) is 5.11. The normalized spacial score (nSPS) is 29.8. The highest BCUT2D eigenvalue weighted by molar-refractivity contribution is 6.06. The molecule has 28 heavy (non-hydrogen) atoms. The van der Waals surface area contributed by atoms with Crippen LogP contribution in [0, 0.1) is 11.8 Å². The molecular formula is C21H31N5O2. The lowest BCUT2D eigenvalue weighted by Gasteiger charge is -2.48. The topological polar surface area (TPSA) is 93.3 Å². The Bertz CT molecular complexity index is 864. The average molecular weight is 386 g/mol. The maximum Gasteiger partial charge on any atom is 0.255 e. The molecule has 1 amide bonds. The largest absolute Gasteiger partial charge is 0.390 e. The van der Waals surface area contributed by atoms with Crippen LogP contribution in [0.3, 0.4) is 0 Å². The Hall–Kier alpha value is -2.12. The number of aliphatic hydroxyl groups is 1. The van der Waals surface area contributed by atoms with Gasteiger partial charge in [-0.3, -0.25) is 9.69 Å². The van der Waals surface area contributed by atoms with E-state index in [0.717, 1.165) is 48.8 Å². The van der Waals surface area contributed by atoms with Crippen molar-refractivity contribution >= 4 is 22.6 Å². The van der Waals surface area contributed by atoms with E-state index in [0.29, 0.717) is 24.1 Å². The second-order valence-electron chi connectivity index (χ2n) is 9.05. The van der Waals surface area contributed by atoms with Gasteiger partial charge in [-0.05, 0) is 64.1 Å². The van der Waals surface area contributed by atoms with Gasteiger partial charge in [0.25, 0.3) is 5.91 Å². The third kappa shape index (κ3) is 3.73. The van der Waals surface area contributed by atoms with E-state index in [1.54, 1.807) is 6.20 Å². The van der Waals surface area contributed by atoms with E-state index in [1.807, 2.05) is 31.3 Å². The van der Waals surface area contributed by atoms with Gasteiger partial charge in [0.2, 0.25) is 0 Å². The highest BCUT2D eigenvalue weighted by Crippen LogP contribution is 2.46. The van der Waals surface area contributed by atoms with Crippen molar-refractivity contribution < 1.29 is 9.90 Å². The first-order valence-corrected chi connectivity index (χ1v) is 10.2. The molecular weight excluding hydrogens is 354 g/mol. The fraction of sp³-hybridized carbons (Fsp3) is 0.619. The minimum absolute atomic E-state index is 0.129. The van der Waals surface area contributed by atoms with Crippen LogP contribution in [-0.4, -0.2) is 58.3 Å². The summed E-state index contributed by atoms with van der Waals surface area (Å²) in [4.78, 5) is 22.3. The molecule has 2 aliphatic carbocycles. The third-order valence-corrected chi connectivity index (χ3v) is 6.28. The summed E-state index contributed by atoms with van der Waals surface area (Å²) < 4.78 is 0. The van der Waals surface area contributed by atoms with E-state index in [1.165, 1.54) is 0 Å². The molecule has 152 valence electrons. The van der Waals surface area contributed by atoms with Crippen molar-refractivity contribution in [2.75, 3.05) is 26.1 Å². The summed E-state index contributed by atoms with van der Waals surface area (Å²) in [5, 5.41) is 18.4. The van der Waals surface area contributed by atoms with Crippen molar-refractivity contribution in [1.29, 1.82) is 0 Å². The Labute approximate surface area is 165 Å². The molecule has 2 aromatic rings. The van der Waals surface area contributed by atoms with Gasteiger partial charge < -0.3 is 20.7 Å². The van der Waals surface area contributed by atoms with E-state index in [-0.39, 0.29) is 11.9 Å². The summed E-state index contributed by atoms with van der Waals surface area (Å²) in [7, 11) is 3.83. The van der Waals surface area contributed by atoms with Crippen molar-refractivity contribution in [3.63, 3.8) is 0 Å². The molecule has 2 fully saturated rings. The number of nitrogens with zero attached hydrogens (tertiary/aromatic N) is 2. The van der Waals surface area contributed by atoms with Crippen molar-refractivity contribution in [2.24, 2.45) is 11.8 Å². The molecule has 4 N–H and O–H groups in total. The lowest BCUT2D eigenvalue weighted by molar-refractivity contribution is -0.0677. The molecule has 0 radical (unpaired) electrons. The maximum absolute atomic E-state index is 12.8. The lowest BCUT2D eigenvalue weighted by atomic mass is 9.64. The molecule has 2 aromatic heterocycles. The first kappa shape index (κ1) is 19.2. The minimum atomic E-state index is -0.506. The van der Waals surface area contributed by atoms with Gasteiger partial charge in [-0.15, -0.1) is 0 Å². The number of H-pyrrole nitrogens is 1. The maximum atomic E-state index is 12.8. The third-order valence-electron chi connectivity index (χ3n) is 6.28. The summed E-state index contributed by atoms with van der Waals surface area (Å²) >= 11 is 0. The summed E-state index contributed by atoms with van der Waals surface area (Å²) in [6.07, 6.45) is 8.10. The molecule has 4 rings (SSSR count). The van der Waals surface area contributed by atoms with E-state index in [4.69, 9.17) is 0 Å². The second kappa shape index (κ2) is 7.37. The van der Waals surface area contributed by atoms with Crippen LogP contribution in [0.1, 0.15) is 49.4 Å². The Morgan fingerprint density at radius 3 is 3.04 bits per heavy atom. The summed E-state index contributed by atoms with van der Waals surface area (Å²) in [5.74, 6) is 0.819. The molecule has 0 saturated heterocycles. The number of hydrogen-bond donors (Lipinski definition) is 4. The number of rotatable bonds is 5. The van der Waals surface area contributed by atoms with Crippen molar-refractivity contribution in [1.82, 2.24) is 20.2 Å². The molecule has 7 heteroatoms. The molecule has 4 atom stereocenters. The summed E-state index contributed by atoms with van der Waals surface area (Å²) in [6.45, 7) is 2.70. The van der Waals surface area contributed by atoms with E-state index in [2.05, 4.69) is 27.5 Å². The Kier molecular flexibility index (Phi) is 5.05. The smallest absolute Gasteiger partial charge is 0.255 e. The number of fused-ring (bicyclic) bond motifs is 3. The van der Waals surface area contributed by atoms with Gasteiger partial charge in [0.1, 0.15) is 5.65 Å². The van der Waals surface area contributed by atoms with E-state index < -0.39 is 5.60 Å². The van der Waals surface area contributed by atoms with Crippen LogP contribution in [0.4, 0.5) is 5.69 Å². The SMILES string of the molecule is CC1C[C@H]2C[C@](O)(CC[C@@H]2Nc2c(C(=O)NCN(C)C)cnc3[nH]ccc23)C1. The number of aromatic nitrogens is 2. The van der Waals surface area contributed by atoms with Gasteiger partial charge in [0.15, 0.2) is 0 Å². The molecule has 7 nitrogen and oxygen atoms in total. The van der Waals surface area contributed by atoms with Crippen molar-refractivity contribution in [3.05, 3.63) is 24.0 Å². The zero-order valence-corrected chi connectivity index (χ0v) is 17.0. The predicted octanol–water partition coefficient (Wildman–Crippen LogP) is 2.55. The van der Waals surface area contributed by atoms with Gasteiger partial charge in [-0.25, -0.2) is 4.98 Å². The number of hydrogen-bond acceptors (Lipinski definition) is 5. The average Bonchev–Trinajstić information content (AvgIpc) is 3.10. The quantitative estimate of drug-likeness (QED) is 0.594. The van der Waals surface area contributed by atoms with E-state index in [9.17, 15) is 9.90 Å². The van der Waals surface area contributed by atoms with Crippen LogP contribution in [0.25, 0.3) is 11.0 Å². The zero-order chi connectivity index (χ0) is 19.9. The van der Waals surface area contributed by atoms with Crippen LogP contribution < -0.4 is 10.6 Å². The fourth-order valence-electron chi connectivity index (χ4n) is 5.11. The van der Waals surface area contributed by atoms with Crippen LogP contribution in [-0.2, 0) is 0 Å². The Morgan fingerprint density at radius 1 is 1.43 bits per heavy atom. The van der Waals surface area contributed by atoms with Gasteiger partial charge in [0, 0.05) is 23.8 Å². The number of nitrogens with one attached hydrogen (secondary N) is 3. The minimum Gasteiger partial charge on any atom is -0.390 e. The molecule has 1 unspecified atom stereocenters. The van der Waals surface area contributed by atoms with Crippen molar-refractivity contribution in [2.45, 2.75) is 50.7 Å². The van der Waals surface area contributed by atoms with Crippen LogP contribution in [0.5, 0.6) is 0 Å². The number of aromatic amines is 1.